The molecule has 0 aliphatic carbocycles. The van der Waals surface area contributed by atoms with Gasteiger partial charge in [0, 0.05) is 29.2 Å². The second-order valence-electron chi connectivity index (χ2n) is 6.07. The van der Waals surface area contributed by atoms with Gasteiger partial charge >= 0.3 is 0 Å². The number of halogens is 1. The van der Waals surface area contributed by atoms with Crippen LogP contribution in [-0.2, 0) is 0 Å². The van der Waals surface area contributed by atoms with Crippen molar-refractivity contribution in [1.82, 2.24) is 19.0 Å². The minimum Gasteiger partial charge on any atom is -0.380 e. The van der Waals surface area contributed by atoms with Crippen molar-refractivity contribution in [3.05, 3.63) is 65.8 Å². The van der Waals surface area contributed by atoms with Crippen LogP contribution >= 0.6 is 0 Å². The average Bonchev–Trinajstić information content (AvgIpc) is 3.03. The van der Waals surface area contributed by atoms with Crippen LogP contribution < -0.4 is 22.9 Å². The summed E-state index contributed by atoms with van der Waals surface area (Å²) in [6.07, 6.45) is 3.67. The predicted molar refractivity (Wildman–Crippen MR) is 101 cm³/mol. The number of aromatic nitrogens is 4. The number of hydrogen-bond acceptors (Lipinski definition) is 6. The van der Waals surface area contributed by atoms with E-state index in [4.69, 9.17) is 17.4 Å². The average molecular weight is 364 g/mol. The number of rotatable bonds is 2. The van der Waals surface area contributed by atoms with Gasteiger partial charge in [-0.25, -0.2) is 19.0 Å². The number of nitrogen functional groups attached to an aromatic ring is 2. The van der Waals surface area contributed by atoms with E-state index >= 15 is 0 Å². The molecular weight excluding hydrogens is 347 g/mol. The largest absolute Gasteiger partial charge is 0.380 e. The van der Waals surface area contributed by atoms with Gasteiger partial charge in [0.1, 0.15) is 11.5 Å². The summed E-state index contributed by atoms with van der Waals surface area (Å²) < 4.78 is 16.6. The van der Waals surface area contributed by atoms with E-state index in [0.717, 1.165) is 16.9 Å². The van der Waals surface area contributed by atoms with Crippen LogP contribution in [0.1, 0.15) is 5.69 Å². The number of nitrogens with two attached hydrogens (primary N) is 3. The molecule has 4 rings (SSSR count). The summed E-state index contributed by atoms with van der Waals surface area (Å²) in [6, 6.07) is 9.66. The number of imidazole rings is 1. The van der Waals surface area contributed by atoms with Crippen LogP contribution in [0, 0.1) is 12.7 Å². The van der Waals surface area contributed by atoms with Crippen molar-refractivity contribution < 1.29 is 4.39 Å². The summed E-state index contributed by atoms with van der Waals surface area (Å²) >= 11 is 0. The van der Waals surface area contributed by atoms with E-state index in [-0.39, 0.29) is 17.1 Å². The molecule has 3 heterocycles. The Morgan fingerprint density at radius 3 is 2.48 bits per heavy atom. The molecule has 0 saturated heterocycles. The van der Waals surface area contributed by atoms with Crippen molar-refractivity contribution in [1.29, 1.82) is 0 Å². The third kappa shape index (κ3) is 2.65. The number of aryl methyl sites for hydroxylation is 1. The lowest BCUT2D eigenvalue weighted by atomic mass is 10.0. The van der Waals surface area contributed by atoms with Crippen LogP contribution in [0.15, 0.2) is 53.9 Å². The van der Waals surface area contributed by atoms with Crippen LogP contribution in [0.2, 0.25) is 0 Å². The lowest BCUT2D eigenvalue weighted by Crippen LogP contribution is -2.34. The van der Waals surface area contributed by atoms with Crippen molar-refractivity contribution >= 4 is 11.5 Å². The van der Waals surface area contributed by atoms with Gasteiger partial charge in [0.2, 0.25) is 5.49 Å². The maximum Gasteiger partial charge on any atom is 0.213 e. The minimum atomic E-state index is -0.349. The molecule has 0 aliphatic heterocycles. The van der Waals surface area contributed by atoms with Gasteiger partial charge in [0.15, 0.2) is 5.82 Å². The molecule has 4 aromatic rings. The highest BCUT2D eigenvalue weighted by Crippen LogP contribution is 2.30. The Hall–Kier alpha value is -3.88. The fourth-order valence-corrected chi connectivity index (χ4v) is 3.02. The molecule has 8 nitrogen and oxygen atoms in total. The van der Waals surface area contributed by atoms with E-state index in [2.05, 4.69) is 15.1 Å². The fourth-order valence-electron chi connectivity index (χ4n) is 3.02. The number of anilines is 1. The van der Waals surface area contributed by atoms with E-state index in [1.54, 1.807) is 18.3 Å². The summed E-state index contributed by atoms with van der Waals surface area (Å²) in [7, 11) is 0. The molecule has 1 aromatic carbocycles. The Kier molecular flexibility index (Phi) is 3.76. The summed E-state index contributed by atoms with van der Waals surface area (Å²) in [5, 5.41) is 3.65. The molecule has 0 fully saturated rings. The third-order valence-corrected chi connectivity index (χ3v) is 4.36. The molecule has 136 valence electrons. The molecule has 0 aliphatic rings. The van der Waals surface area contributed by atoms with E-state index in [1.165, 1.54) is 16.8 Å². The SMILES string of the molecule is Cc1cnc2ccc(-c3c(-c4ccc(F)cc4)nc(N)/c(=N/N)n3N)cn12. The van der Waals surface area contributed by atoms with Crippen molar-refractivity contribution in [2.45, 2.75) is 6.92 Å². The van der Waals surface area contributed by atoms with Gasteiger partial charge in [-0.2, -0.15) is 5.10 Å². The van der Waals surface area contributed by atoms with E-state index in [9.17, 15) is 4.39 Å². The maximum atomic E-state index is 13.4. The first-order chi connectivity index (χ1) is 13.0. The molecule has 0 spiro atoms. The van der Waals surface area contributed by atoms with Crippen LogP contribution in [0.5, 0.6) is 0 Å². The fraction of sp³-hybridized carbons (Fsp3) is 0.0556. The van der Waals surface area contributed by atoms with Crippen LogP contribution in [-0.4, -0.2) is 19.0 Å². The number of nitrogens with zero attached hydrogens (tertiary/aromatic N) is 5. The molecule has 27 heavy (non-hydrogen) atoms. The first-order valence-corrected chi connectivity index (χ1v) is 8.11. The van der Waals surface area contributed by atoms with Gasteiger partial charge in [0.25, 0.3) is 0 Å². The van der Waals surface area contributed by atoms with E-state index < -0.39 is 0 Å². The molecule has 0 amide bonds. The molecule has 0 radical (unpaired) electrons. The van der Waals surface area contributed by atoms with Gasteiger partial charge in [0.05, 0.1) is 11.4 Å². The third-order valence-electron chi connectivity index (χ3n) is 4.36. The molecule has 0 saturated carbocycles. The van der Waals surface area contributed by atoms with Gasteiger partial charge in [-0.1, -0.05) is 0 Å². The zero-order chi connectivity index (χ0) is 19.1. The lowest BCUT2D eigenvalue weighted by Gasteiger charge is -2.16. The predicted octanol–water partition coefficient (Wildman–Crippen LogP) is 1.38. The van der Waals surface area contributed by atoms with E-state index in [1.807, 2.05) is 29.7 Å². The van der Waals surface area contributed by atoms with Crippen molar-refractivity contribution in [2.75, 3.05) is 11.6 Å². The summed E-state index contributed by atoms with van der Waals surface area (Å²) in [5.41, 5.74) is 10.3. The Morgan fingerprint density at radius 2 is 1.78 bits per heavy atom. The highest BCUT2D eigenvalue weighted by molar-refractivity contribution is 5.79. The molecule has 3 aromatic heterocycles. The van der Waals surface area contributed by atoms with Crippen LogP contribution in [0.3, 0.4) is 0 Å². The number of pyridine rings is 1. The van der Waals surface area contributed by atoms with Gasteiger partial charge in [-0.05, 0) is 43.3 Å². The lowest BCUT2D eigenvalue weighted by molar-refractivity contribution is 0.628. The zero-order valence-electron chi connectivity index (χ0n) is 14.5. The molecule has 0 unspecified atom stereocenters. The van der Waals surface area contributed by atoms with Gasteiger partial charge < -0.3 is 21.8 Å². The first-order valence-electron chi connectivity index (χ1n) is 8.11. The number of hydrogen-bond donors (Lipinski definition) is 3. The normalized spacial score (nSPS) is 12.0. The second-order valence-corrected chi connectivity index (χ2v) is 6.07. The second kappa shape index (κ2) is 6.13. The highest BCUT2D eigenvalue weighted by atomic mass is 19.1. The van der Waals surface area contributed by atoms with E-state index in [0.29, 0.717) is 17.0 Å². The molecule has 6 N–H and O–H groups in total. The molecule has 0 bridgehead atoms. The Labute approximate surface area is 153 Å². The smallest absolute Gasteiger partial charge is 0.213 e. The highest BCUT2D eigenvalue weighted by Gasteiger charge is 2.17. The summed E-state index contributed by atoms with van der Waals surface area (Å²) in [4.78, 5) is 8.75. The molecular formula is C18H17FN8. The van der Waals surface area contributed by atoms with Gasteiger partial charge in [-0.3, -0.25) is 0 Å². The quantitative estimate of drug-likeness (QED) is 0.366. The molecule has 0 atom stereocenters. The van der Waals surface area contributed by atoms with Crippen LogP contribution in [0.4, 0.5) is 10.2 Å². The first kappa shape index (κ1) is 16.6. The van der Waals surface area contributed by atoms with Crippen molar-refractivity contribution in [3.63, 3.8) is 0 Å². The van der Waals surface area contributed by atoms with Crippen LogP contribution in [0.25, 0.3) is 28.2 Å². The summed E-state index contributed by atoms with van der Waals surface area (Å²) in [6.45, 7) is 1.95. The molecule has 9 heteroatoms. The summed E-state index contributed by atoms with van der Waals surface area (Å²) in [5.74, 6) is 11.4. The monoisotopic (exact) mass is 364 g/mol. The van der Waals surface area contributed by atoms with Crippen molar-refractivity contribution in [3.8, 4) is 22.5 Å². The zero-order valence-corrected chi connectivity index (χ0v) is 14.5. The van der Waals surface area contributed by atoms with Gasteiger partial charge in [-0.15, -0.1) is 0 Å². The standard InChI is InChI=1S/C18H17FN8/c1-10-8-23-14-7-4-12(9-26(10)14)16-15(11-2-5-13(19)6-3-11)24-17(20)18(25-21)27(16)22/h2-9H,21-22H2,1H3,(H2,20,24)/b25-18-. The number of benzene rings is 1. The topological polar surface area (TPSA) is 126 Å². The van der Waals surface area contributed by atoms with Crippen molar-refractivity contribution in [2.24, 2.45) is 10.9 Å². The maximum absolute atomic E-state index is 13.4. The Bertz CT molecular complexity index is 1220. The Balaban J connectivity index is 2.07. The minimum absolute atomic E-state index is 0.0722. The Morgan fingerprint density at radius 1 is 1.07 bits per heavy atom. The number of fused-ring (bicyclic) bond motifs is 1.